The summed E-state index contributed by atoms with van der Waals surface area (Å²) in [5.41, 5.74) is -0.290. The molecule has 1 aromatic rings. The topological polar surface area (TPSA) is 82.2 Å². The monoisotopic (exact) mass is 442 g/mol. The van der Waals surface area contributed by atoms with Crippen LogP contribution < -0.4 is 10.1 Å². The Balaban J connectivity index is 1.45. The highest BCUT2D eigenvalue weighted by Gasteiger charge is 2.54. The number of urea groups is 1. The van der Waals surface area contributed by atoms with Gasteiger partial charge in [-0.15, -0.1) is 0 Å². The van der Waals surface area contributed by atoms with E-state index in [0.717, 1.165) is 26.1 Å². The van der Waals surface area contributed by atoms with Crippen LogP contribution in [-0.4, -0.2) is 84.0 Å². The van der Waals surface area contributed by atoms with Crippen molar-refractivity contribution >= 4 is 17.8 Å². The van der Waals surface area contributed by atoms with Crippen LogP contribution in [0.3, 0.4) is 0 Å². The van der Waals surface area contributed by atoms with E-state index in [1.807, 2.05) is 12.1 Å². The molecule has 3 saturated heterocycles. The standard InChI is InChI=1S/C24H34N4O4/c1-17(2)15-26-13-10-24(11-14-26)22(30)28(23(31)25-24)18-7-6-12-27(16-18)21(29)19-8-4-5-9-20(19)32-3/h4-5,8-9,17-18H,6-7,10-16H2,1-3H3,(H,25,31). The van der Waals surface area contributed by atoms with E-state index in [9.17, 15) is 14.4 Å². The maximum absolute atomic E-state index is 13.5. The number of hydrogen-bond donors (Lipinski definition) is 1. The van der Waals surface area contributed by atoms with Crippen LogP contribution in [0.15, 0.2) is 24.3 Å². The van der Waals surface area contributed by atoms with Gasteiger partial charge in [0.05, 0.1) is 18.7 Å². The number of rotatable bonds is 5. The number of carbonyl (C=O) groups is 3. The molecule has 8 heteroatoms. The summed E-state index contributed by atoms with van der Waals surface area (Å²) in [7, 11) is 1.55. The van der Waals surface area contributed by atoms with Gasteiger partial charge in [0.1, 0.15) is 11.3 Å². The first kappa shape index (κ1) is 22.6. The number of benzene rings is 1. The lowest BCUT2D eigenvalue weighted by molar-refractivity contribution is -0.135. The molecule has 0 radical (unpaired) electrons. The number of imide groups is 1. The Morgan fingerprint density at radius 2 is 1.91 bits per heavy atom. The number of likely N-dealkylation sites (tertiary alicyclic amines) is 2. The van der Waals surface area contributed by atoms with Crippen molar-refractivity contribution in [1.29, 1.82) is 0 Å². The van der Waals surface area contributed by atoms with Gasteiger partial charge < -0.3 is 19.9 Å². The van der Waals surface area contributed by atoms with Gasteiger partial charge in [-0.2, -0.15) is 0 Å². The molecule has 0 aliphatic carbocycles. The van der Waals surface area contributed by atoms with Crippen LogP contribution in [0.1, 0.15) is 49.9 Å². The number of ether oxygens (including phenoxy) is 1. The smallest absolute Gasteiger partial charge is 0.325 e. The molecule has 4 rings (SSSR count). The molecule has 3 heterocycles. The summed E-state index contributed by atoms with van der Waals surface area (Å²) in [5.74, 6) is 0.851. The van der Waals surface area contributed by atoms with E-state index in [1.165, 1.54) is 4.90 Å². The SMILES string of the molecule is COc1ccccc1C(=O)N1CCCC(N2C(=O)NC3(CCN(CC(C)C)CC3)C2=O)C1. The van der Waals surface area contributed by atoms with Crippen LogP contribution in [0.25, 0.3) is 0 Å². The van der Waals surface area contributed by atoms with Crippen molar-refractivity contribution in [3.8, 4) is 5.75 Å². The Hall–Kier alpha value is -2.61. The third-order valence-electron chi connectivity index (χ3n) is 6.91. The second-order valence-corrected chi connectivity index (χ2v) is 9.63. The summed E-state index contributed by atoms with van der Waals surface area (Å²) < 4.78 is 5.35. The van der Waals surface area contributed by atoms with Crippen molar-refractivity contribution in [1.82, 2.24) is 20.0 Å². The summed E-state index contributed by atoms with van der Waals surface area (Å²) in [6, 6.07) is 6.53. The summed E-state index contributed by atoms with van der Waals surface area (Å²) in [6.07, 6.45) is 2.73. The second-order valence-electron chi connectivity index (χ2n) is 9.63. The van der Waals surface area contributed by atoms with E-state index >= 15 is 0 Å². The van der Waals surface area contributed by atoms with Crippen LogP contribution in [0.5, 0.6) is 5.75 Å². The molecule has 1 aromatic carbocycles. The van der Waals surface area contributed by atoms with Crippen molar-refractivity contribution < 1.29 is 19.1 Å². The predicted octanol–water partition coefficient (Wildman–Crippen LogP) is 2.34. The predicted molar refractivity (Wildman–Crippen MR) is 121 cm³/mol. The molecule has 3 aliphatic heterocycles. The minimum absolute atomic E-state index is 0.122. The molecule has 0 saturated carbocycles. The van der Waals surface area contributed by atoms with Gasteiger partial charge in [0.25, 0.3) is 11.8 Å². The van der Waals surface area contributed by atoms with Gasteiger partial charge in [-0.1, -0.05) is 26.0 Å². The fourth-order valence-corrected chi connectivity index (χ4v) is 5.29. The van der Waals surface area contributed by atoms with Gasteiger partial charge in [0.15, 0.2) is 0 Å². The third kappa shape index (κ3) is 4.20. The van der Waals surface area contributed by atoms with E-state index in [-0.39, 0.29) is 23.9 Å². The molecular weight excluding hydrogens is 408 g/mol. The molecule has 8 nitrogen and oxygen atoms in total. The van der Waals surface area contributed by atoms with Crippen LogP contribution in [0.2, 0.25) is 0 Å². The minimum Gasteiger partial charge on any atom is -0.496 e. The number of methoxy groups -OCH3 is 1. The first-order valence-electron chi connectivity index (χ1n) is 11.6. The Bertz CT molecular complexity index is 879. The number of nitrogens with zero attached hydrogens (tertiary/aromatic N) is 3. The Kier molecular flexibility index (Phi) is 6.42. The van der Waals surface area contributed by atoms with Crippen molar-refractivity contribution in [2.24, 2.45) is 5.92 Å². The van der Waals surface area contributed by atoms with Crippen LogP contribution in [0.4, 0.5) is 4.79 Å². The quantitative estimate of drug-likeness (QED) is 0.708. The highest BCUT2D eigenvalue weighted by molar-refractivity contribution is 6.07. The molecule has 0 bridgehead atoms. The van der Waals surface area contributed by atoms with Gasteiger partial charge in [0, 0.05) is 32.7 Å². The maximum Gasteiger partial charge on any atom is 0.325 e. The highest BCUT2D eigenvalue weighted by Crippen LogP contribution is 2.33. The van der Waals surface area contributed by atoms with Gasteiger partial charge in [0.2, 0.25) is 0 Å². The molecule has 1 atom stereocenters. The Morgan fingerprint density at radius 3 is 2.59 bits per heavy atom. The summed E-state index contributed by atoms with van der Waals surface area (Å²) in [6.45, 7) is 7.95. The van der Waals surface area contributed by atoms with Gasteiger partial charge >= 0.3 is 6.03 Å². The van der Waals surface area contributed by atoms with Crippen molar-refractivity contribution in [3.63, 3.8) is 0 Å². The lowest BCUT2D eigenvalue weighted by Gasteiger charge is -2.39. The normalized spacial score (nSPS) is 23.7. The molecule has 32 heavy (non-hydrogen) atoms. The van der Waals surface area contributed by atoms with E-state index in [2.05, 4.69) is 24.1 Å². The molecule has 0 aromatic heterocycles. The second kappa shape index (κ2) is 9.10. The average Bonchev–Trinajstić information content (AvgIpc) is 3.03. The van der Waals surface area contributed by atoms with Crippen LogP contribution in [0, 0.1) is 5.92 Å². The first-order valence-corrected chi connectivity index (χ1v) is 11.6. The zero-order valence-electron chi connectivity index (χ0n) is 19.3. The van der Waals surface area contributed by atoms with Crippen molar-refractivity contribution in [3.05, 3.63) is 29.8 Å². The number of para-hydroxylation sites is 1. The zero-order chi connectivity index (χ0) is 22.9. The number of piperidine rings is 2. The Morgan fingerprint density at radius 1 is 1.19 bits per heavy atom. The molecule has 4 amide bonds. The molecule has 1 spiro atoms. The molecule has 1 N–H and O–H groups in total. The number of hydrogen-bond acceptors (Lipinski definition) is 5. The zero-order valence-corrected chi connectivity index (χ0v) is 19.3. The third-order valence-corrected chi connectivity index (χ3v) is 6.91. The number of nitrogens with one attached hydrogen (secondary N) is 1. The van der Waals surface area contributed by atoms with Crippen molar-refractivity contribution in [2.45, 2.75) is 51.1 Å². The van der Waals surface area contributed by atoms with Gasteiger partial charge in [-0.3, -0.25) is 14.5 Å². The van der Waals surface area contributed by atoms with E-state index in [0.29, 0.717) is 49.6 Å². The summed E-state index contributed by atoms with van der Waals surface area (Å²) in [5, 5.41) is 3.02. The maximum atomic E-state index is 13.5. The number of carbonyl (C=O) groups excluding carboxylic acids is 3. The lowest BCUT2D eigenvalue weighted by atomic mass is 9.86. The number of amides is 4. The highest BCUT2D eigenvalue weighted by atomic mass is 16.5. The first-order chi connectivity index (χ1) is 15.3. The van der Waals surface area contributed by atoms with Crippen LogP contribution >= 0.6 is 0 Å². The lowest BCUT2D eigenvalue weighted by Crippen LogP contribution is -2.56. The van der Waals surface area contributed by atoms with Gasteiger partial charge in [-0.05, 0) is 43.7 Å². The average molecular weight is 443 g/mol. The Labute approximate surface area is 189 Å². The van der Waals surface area contributed by atoms with Crippen LogP contribution in [-0.2, 0) is 4.79 Å². The molecule has 3 fully saturated rings. The van der Waals surface area contributed by atoms with E-state index in [4.69, 9.17) is 4.74 Å². The molecule has 1 unspecified atom stereocenters. The molecule has 3 aliphatic rings. The fraction of sp³-hybridized carbons (Fsp3) is 0.625. The van der Waals surface area contributed by atoms with E-state index < -0.39 is 5.54 Å². The van der Waals surface area contributed by atoms with E-state index in [1.54, 1.807) is 24.1 Å². The van der Waals surface area contributed by atoms with Gasteiger partial charge in [-0.25, -0.2) is 4.79 Å². The molecular formula is C24H34N4O4. The summed E-state index contributed by atoms with van der Waals surface area (Å²) >= 11 is 0. The summed E-state index contributed by atoms with van der Waals surface area (Å²) in [4.78, 5) is 45.1. The molecule has 174 valence electrons. The minimum atomic E-state index is -0.792. The fourth-order valence-electron chi connectivity index (χ4n) is 5.29. The largest absolute Gasteiger partial charge is 0.496 e. The van der Waals surface area contributed by atoms with Crippen molar-refractivity contribution in [2.75, 3.05) is 39.8 Å².